The molecule has 0 aromatic heterocycles. The van der Waals surface area contributed by atoms with Gasteiger partial charge in [0.1, 0.15) is 12.1 Å². The number of aliphatic carboxylic acids is 1. The highest BCUT2D eigenvalue weighted by Crippen LogP contribution is 2.44. The molecule has 0 bridgehead atoms. The van der Waals surface area contributed by atoms with Crippen molar-refractivity contribution in [2.24, 2.45) is 0 Å². The van der Waals surface area contributed by atoms with E-state index in [2.05, 4.69) is 12.1 Å². The summed E-state index contributed by atoms with van der Waals surface area (Å²) in [5, 5.41) is 10.0. The van der Waals surface area contributed by atoms with Crippen molar-refractivity contribution in [2.45, 2.75) is 24.3 Å². The number of carboxylic acid groups (broad SMARTS) is 1. The maximum absolute atomic E-state index is 13.0. The predicted octanol–water partition coefficient (Wildman–Crippen LogP) is 3.47. The number of likely N-dealkylation sites (tertiary alicyclic amines) is 1. The van der Waals surface area contributed by atoms with Gasteiger partial charge in [0.2, 0.25) is 0 Å². The lowest BCUT2D eigenvalue weighted by atomic mass is 9.86. The maximum atomic E-state index is 13.0. The third-order valence-corrected chi connectivity index (χ3v) is 6.89. The predicted molar refractivity (Wildman–Crippen MR) is 123 cm³/mol. The Hall–Kier alpha value is -3.55. The highest BCUT2D eigenvalue weighted by molar-refractivity contribution is 5.85. The molecular formula is C25H29N3O5. The summed E-state index contributed by atoms with van der Waals surface area (Å²) in [6.45, 7) is 0.632. The number of rotatable bonds is 4. The minimum atomic E-state index is -1.41. The standard InChI is InChI=1S/C25H29N3O5/c1-26(2)23(31)28-14-12-25(13-15-28,22(29)30)27(3)24(32)33-16-21-19-10-6-4-8-17(19)18-9-5-7-11-20(18)21/h4-11,21H,12-16H2,1-3H3,(H,29,30). The Morgan fingerprint density at radius 1 is 0.970 bits per heavy atom. The lowest BCUT2D eigenvalue weighted by Gasteiger charge is -2.44. The van der Waals surface area contributed by atoms with Crippen LogP contribution in [0.4, 0.5) is 9.59 Å². The van der Waals surface area contributed by atoms with Crippen molar-refractivity contribution in [3.05, 3.63) is 59.7 Å². The van der Waals surface area contributed by atoms with Gasteiger partial charge in [-0.3, -0.25) is 4.90 Å². The van der Waals surface area contributed by atoms with Crippen LogP contribution in [0.2, 0.25) is 0 Å². The molecule has 4 rings (SSSR count). The molecule has 0 saturated carbocycles. The normalized spacial score (nSPS) is 16.5. The van der Waals surface area contributed by atoms with E-state index >= 15 is 0 Å². The van der Waals surface area contributed by atoms with Gasteiger partial charge in [-0.15, -0.1) is 0 Å². The molecule has 8 heteroatoms. The van der Waals surface area contributed by atoms with Crippen LogP contribution in [0.15, 0.2) is 48.5 Å². The minimum absolute atomic E-state index is 0.102. The fourth-order valence-corrected chi connectivity index (χ4v) is 4.91. The number of urea groups is 1. The van der Waals surface area contributed by atoms with Gasteiger partial charge in [-0.05, 0) is 35.1 Å². The van der Waals surface area contributed by atoms with Gasteiger partial charge < -0.3 is 19.6 Å². The van der Waals surface area contributed by atoms with Crippen LogP contribution < -0.4 is 0 Å². The number of carbonyl (C=O) groups excluding carboxylic acids is 2. The smallest absolute Gasteiger partial charge is 0.410 e. The Labute approximate surface area is 193 Å². The zero-order valence-electron chi connectivity index (χ0n) is 19.2. The number of amides is 3. The molecule has 1 aliphatic carbocycles. The summed E-state index contributed by atoms with van der Waals surface area (Å²) >= 11 is 0. The molecule has 0 atom stereocenters. The van der Waals surface area contributed by atoms with Crippen molar-refractivity contribution < 1.29 is 24.2 Å². The highest BCUT2D eigenvalue weighted by atomic mass is 16.6. The average Bonchev–Trinajstić information content (AvgIpc) is 3.15. The van der Waals surface area contributed by atoms with Gasteiger partial charge in [0.15, 0.2) is 0 Å². The second-order valence-corrected chi connectivity index (χ2v) is 8.86. The van der Waals surface area contributed by atoms with Crippen LogP contribution in [0.1, 0.15) is 29.9 Å². The Morgan fingerprint density at radius 3 is 1.97 bits per heavy atom. The van der Waals surface area contributed by atoms with Crippen molar-refractivity contribution >= 4 is 18.1 Å². The van der Waals surface area contributed by atoms with E-state index in [0.717, 1.165) is 22.3 Å². The van der Waals surface area contributed by atoms with Crippen LogP contribution in [0, 0.1) is 0 Å². The molecule has 3 amide bonds. The molecule has 1 fully saturated rings. The number of carbonyl (C=O) groups is 3. The molecular weight excluding hydrogens is 422 g/mol. The SMILES string of the molecule is CN(C)C(=O)N1CCC(C(=O)O)(N(C)C(=O)OCC2c3ccccc3-c3ccccc32)CC1. The van der Waals surface area contributed by atoms with Crippen molar-refractivity contribution in [2.75, 3.05) is 40.8 Å². The third-order valence-electron chi connectivity index (χ3n) is 6.89. The second kappa shape index (κ2) is 8.77. The van der Waals surface area contributed by atoms with E-state index in [0.29, 0.717) is 0 Å². The van der Waals surface area contributed by atoms with Crippen LogP contribution >= 0.6 is 0 Å². The van der Waals surface area contributed by atoms with Crippen molar-refractivity contribution in [1.82, 2.24) is 14.7 Å². The molecule has 1 heterocycles. The Balaban J connectivity index is 1.47. The molecule has 2 aliphatic rings. The number of likely N-dealkylation sites (N-methyl/N-ethyl adjacent to an activating group) is 1. The van der Waals surface area contributed by atoms with E-state index in [9.17, 15) is 19.5 Å². The number of benzene rings is 2. The van der Waals surface area contributed by atoms with E-state index < -0.39 is 17.6 Å². The lowest BCUT2D eigenvalue weighted by Crippen LogP contribution is -2.61. The molecule has 33 heavy (non-hydrogen) atoms. The van der Waals surface area contributed by atoms with Gasteiger partial charge in [-0.25, -0.2) is 14.4 Å². The quantitative estimate of drug-likeness (QED) is 0.769. The van der Waals surface area contributed by atoms with E-state index in [1.165, 1.54) is 16.8 Å². The van der Waals surface area contributed by atoms with E-state index in [4.69, 9.17) is 4.74 Å². The molecule has 2 aromatic carbocycles. The topological polar surface area (TPSA) is 90.4 Å². The van der Waals surface area contributed by atoms with Crippen molar-refractivity contribution in [3.8, 4) is 11.1 Å². The molecule has 0 spiro atoms. The van der Waals surface area contributed by atoms with Gasteiger partial charge in [0.25, 0.3) is 0 Å². The number of fused-ring (bicyclic) bond motifs is 3. The Bertz CT molecular complexity index is 1030. The summed E-state index contributed by atoms with van der Waals surface area (Å²) in [7, 11) is 4.78. The molecule has 1 N–H and O–H groups in total. The average molecular weight is 452 g/mol. The van der Waals surface area contributed by atoms with Gasteiger partial charge in [0, 0.05) is 40.2 Å². The molecule has 0 unspecified atom stereocenters. The van der Waals surface area contributed by atoms with Crippen LogP contribution in [0.25, 0.3) is 11.1 Å². The number of piperidine rings is 1. The van der Waals surface area contributed by atoms with Crippen molar-refractivity contribution in [3.63, 3.8) is 0 Å². The summed E-state index contributed by atoms with van der Waals surface area (Å²) < 4.78 is 5.68. The first-order chi connectivity index (χ1) is 15.8. The molecule has 0 radical (unpaired) electrons. The van der Waals surface area contributed by atoms with E-state index in [1.807, 2.05) is 36.4 Å². The largest absolute Gasteiger partial charge is 0.479 e. The summed E-state index contributed by atoms with van der Waals surface area (Å²) in [6, 6.07) is 15.9. The molecule has 1 aliphatic heterocycles. The summed E-state index contributed by atoms with van der Waals surface area (Å²) in [4.78, 5) is 41.8. The molecule has 174 valence electrons. The van der Waals surface area contributed by atoms with Crippen LogP contribution in [-0.2, 0) is 9.53 Å². The summed E-state index contributed by atoms with van der Waals surface area (Å²) in [6.07, 6.45) is -0.391. The molecule has 8 nitrogen and oxygen atoms in total. The van der Waals surface area contributed by atoms with Gasteiger partial charge >= 0.3 is 18.1 Å². The zero-order chi connectivity index (χ0) is 23.8. The van der Waals surface area contributed by atoms with Crippen LogP contribution in [-0.4, -0.2) is 84.3 Å². The van der Waals surface area contributed by atoms with Gasteiger partial charge in [0.05, 0.1) is 0 Å². The lowest BCUT2D eigenvalue weighted by molar-refractivity contribution is -0.152. The van der Waals surface area contributed by atoms with Crippen LogP contribution in [0.5, 0.6) is 0 Å². The van der Waals surface area contributed by atoms with Crippen LogP contribution in [0.3, 0.4) is 0 Å². The number of nitrogens with zero attached hydrogens (tertiary/aromatic N) is 3. The Kier molecular flexibility index (Phi) is 6.01. The fourth-order valence-electron chi connectivity index (χ4n) is 4.91. The third kappa shape index (κ3) is 3.90. The number of ether oxygens (including phenoxy) is 1. The first-order valence-electron chi connectivity index (χ1n) is 11.0. The molecule has 1 saturated heterocycles. The minimum Gasteiger partial charge on any atom is -0.479 e. The Morgan fingerprint density at radius 2 is 1.48 bits per heavy atom. The zero-order valence-corrected chi connectivity index (χ0v) is 19.2. The summed E-state index contributed by atoms with van der Waals surface area (Å²) in [5.74, 6) is -1.19. The van der Waals surface area contributed by atoms with E-state index in [-0.39, 0.29) is 44.5 Å². The fraction of sp³-hybridized carbons (Fsp3) is 0.400. The number of carboxylic acids is 1. The first-order valence-corrected chi connectivity index (χ1v) is 11.0. The van der Waals surface area contributed by atoms with E-state index in [1.54, 1.807) is 19.0 Å². The first kappa shape index (κ1) is 22.6. The molecule has 2 aromatic rings. The maximum Gasteiger partial charge on any atom is 0.410 e. The summed E-state index contributed by atoms with van der Waals surface area (Å²) in [5.41, 5.74) is 3.03. The van der Waals surface area contributed by atoms with Crippen molar-refractivity contribution in [1.29, 1.82) is 0 Å². The van der Waals surface area contributed by atoms with Gasteiger partial charge in [-0.1, -0.05) is 48.5 Å². The van der Waals surface area contributed by atoms with Gasteiger partial charge in [-0.2, -0.15) is 0 Å². The highest BCUT2D eigenvalue weighted by Gasteiger charge is 2.48. The number of hydrogen-bond acceptors (Lipinski definition) is 4. The monoisotopic (exact) mass is 451 g/mol. The second-order valence-electron chi connectivity index (χ2n) is 8.86. The number of hydrogen-bond donors (Lipinski definition) is 1.